The minimum atomic E-state index is 0.0341. The maximum Gasteiger partial charge on any atom is 0.0690 e. The van der Waals surface area contributed by atoms with Crippen LogP contribution in [0.3, 0.4) is 0 Å². The Morgan fingerprint density at radius 3 is 2.82 bits per heavy atom. The van der Waals surface area contributed by atoms with Gasteiger partial charge in [-0.15, -0.1) is 0 Å². The van der Waals surface area contributed by atoms with Crippen LogP contribution in [0, 0.1) is 0 Å². The molecule has 0 saturated heterocycles. The molecule has 11 heavy (non-hydrogen) atoms. The normalized spacial score (nSPS) is 13.5. The second-order valence-corrected chi connectivity index (χ2v) is 3.34. The highest BCUT2D eigenvalue weighted by molar-refractivity contribution is 9.10. The summed E-state index contributed by atoms with van der Waals surface area (Å²) in [7, 11) is 0. The van der Waals surface area contributed by atoms with E-state index in [1.807, 2.05) is 18.5 Å². The van der Waals surface area contributed by atoms with Crippen molar-refractivity contribution in [2.24, 2.45) is 5.73 Å². The average molecular weight is 218 g/mol. The molecule has 1 unspecified atom stereocenters. The van der Waals surface area contributed by atoms with Gasteiger partial charge in [0.25, 0.3) is 0 Å². The van der Waals surface area contributed by atoms with Crippen molar-refractivity contribution < 1.29 is 0 Å². The standard InChI is InChI=1S/C7H12BrN3/c1-3-11-7(5(2)9)6(8)4-10-11/h4-5H,3,9H2,1-2H3. The lowest BCUT2D eigenvalue weighted by molar-refractivity contribution is 0.588. The third-order valence-corrected chi connectivity index (χ3v) is 2.18. The molecule has 0 aliphatic carbocycles. The zero-order chi connectivity index (χ0) is 8.43. The minimum absolute atomic E-state index is 0.0341. The summed E-state index contributed by atoms with van der Waals surface area (Å²) in [6.07, 6.45) is 1.78. The van der Waals surface area contributed by atoms with Crippen LogP contribution in [0.2, 0.25) is 0 Å². The Labute approximate surface area is 74.7 Å². The van der Waals surface area contributed by atoms with E-state index < -0.39 is 0 Å². The van der Waals surface area contributed by atoms with E-state index in [4.69, 9.17) is 5.73 Å². The van der Waals surface area contributed by atoms with Crippen molar-refractivity contribution in [2.45, 2.75) is 26.4 Å². The summed E-state index contributed by atoms with van der Waals surface area (Å²) >= 11 is 3.40. The molecule has 4 heteroatoms. The number of rotatable bonds is 2. The maximum atomic E-state index is 5.74. The first kappa shape index (κ1) is 8.74. The van der Waals surface area contributed by atoms with E-state index in [1.165, 1.54) is 0 Å². The van der Waals surface area contributed by atoms with Gasteiger partial charge in [-0.3, -0.25) is 4.68 Å². The summed E-state index contributed by atoms with van der Waals surface area (Å²) in [5, 5.41) is 4.15. The molecule has 2 N–H and O–H groups in total. The predicted octanol–water partition coefficient (Wildman–Crippen LogP) is 1.69. The zero-order valence-electron chi connectivity index (χ0n) is 6.71. The number of hydrogen-bond donors (Lipinski definition) is 1. The highest BCUT2D eigenvalue weighted by Gasteiger charge is 2.10. The van der Waals surface area contributed by atoms with Gasteiger partial charge >= 0.3 is 0 Å². The largest absolute Gasteiger partial charge is 0.323 e. The third-order valence-electron chi connectivity index (χ3n) is 1.56. The summed E-state index contributed by atoms with van der Waals surface area (Å²) in [6.45, 7) is 4.86. The Bertz CT molecular complexity index is 242. The van der Waals surface area contributed by atoms with Crippen LogP contribution in [0.25, 0.3) is 0 Å². The fourth-order valence-corrected chi connectivity index (χ4v) is 1.73. The molecule has 0 radical (unpaired) electrons. The molecule has 62 valence electrons. The Morgan fingerprint density at radius 1 is 1.82 bits per heavy atom. The van der Waals surface area contributed by atoms with Crippen LogP contribution >= 0.6 is 15.9 Å². The van der Waals surface area contributed by atoms with Gasteiger partial charge in [-0.25, -0.2) is 0 Å². The topological polar surface area (TPSA) is 43.8 Å². The molecule has 1 aromatic heterocycles. The monoisotopic (exact) mass is 217 g/mol. The molecule has 1 aromatic rings. The van der Waals surface area contributed by atoms with Crippen molar-refractivity contribution in [3.05, 3.63) is 16.4 Å². The van der Waals surface area contributed by atoms with E-state index in [1.54, 1.807) is 6.20 Å². The first-order valence-corrected chi connectivity index (χ1v) is 4.43. The number of aryl methyl sites for hydroxylation is 1. The van der Waals surface area contributed by atoms with E-state index in [9.17, 15) is 0 Å². The van der Waals surface area contributed by atoms with Gasteiger partial charge in [0, 0.05) is 12.6 Å². The first-order chi connectivity index (χ1) is 5.16. The Hall–Kier alpha value is -0.350. The second-order valence-electron chi connectivity index (χ2n) is 2.48. The zero-order valence-corrected chi connectivity index (χ0v) is 8.30. The number of nitrogens with two attached hydrogens (primary N) is 1. The van der Waals surface area contributed by atoms with Crippen molar-refractivity contribution in [1.29, 1.82) is 0 Å². The van der Waals surface area contributed by atoms with Crippen molar-refractivity contribution in [3.8, 4) is 0 Å². The quantitative estimate of drug-likeness (QED) is 0.820. The molecule has 0 amide bonds. The molecule has 0 spiro atoms. The molecule has 0 aliphatic rings. The molecule has 3 nitrogen and oxygen atoms in total. The lowest BCUT2D eigenvalue weighted by Gasteiger charge is -2.08. The molecule has 1 rings (SSSR count). The van der Waals surface area contributed by atoms with E-state index in [0.717, 1.165) is 16.7 Å². The van der Waals surface area contributed by atoms with Crippen molar-refractivity contribution in [3.63, 3.8) is 0 Å². The lowest BCUT2D eigenvalue weighted by Crippen LogP contribution is -2.12. The maximum absolute atomic E-state index is 5.74. The molecular weight excluding hydrogens is 206 g/mol. The van der Waals surface area contributed by atoms with Crippen LogP contribution in [-0.4, -0.2) is 9.78 Å². The van der Waals surface area contributed by atoms with E-state index in [-0.39, 0.29) is 6.04 Å². The van der Waals surface area contributed by atoms with Gasteiger partial charge in [0.2, 0.25) is 0 Å². The van der Waals surface area contributed by atoms with Gasteiger partial charge in [0.05, 0.1) is 16.4 Å². The summed E-state index contributed by atoms with van der Waals surface area (Å²) in [5.74, 6) is 0. The number of halogens is 1. The van der Waals surface area contributed by atoms with Gasteiger partial charge in [-0.1, -0.05) is 0 Å². The molecule has 0 fully saturated rings. The SMILES string of the molecule is CCn1ncc(Br)c1C(C)N. The predicted molar refractivity (Wildman–Crippen MR) is 48.2 cm³/mol. The molecule has 0 saturated carbocycles. The Morgan fingerprint density at radius 2 is 2.45 bits per heavy atom. The van der Waals surface area contributed by atoms with Crippen LogP contribution in [0.4, 0.5) is 0 Å². The summed E-state index contributed by atoms with van der Waals surface area (Å²) < 4.78 is 2.89. The van der Waals surface area contributed by atoms with Gasteiger partial charge in [0.1, 0.15) is 0 Å². The minimum Gasteiger partial charge on any atom is -0.323 e. The van der Waals surface area contributed by atoms with Crippen molar-refractivity contribution in [2.75, 3.05) is 0 Å². The third kappa shape index (κ3) is 1.62. The average Bonchev–Trinajstić information content (AvgIpc) is 2.30. The Kier molecular flexibility index (Phi) is 2.67. The van der Waals surface area contributed by atoms with Gasteiger partial charge in [-0.05, 0) is 29.8 Å². The van der Waals surface area contributed by atoms with Crippen molar-refractivity contribution in [1.82, 2.24) is 9.78 Å². The fourth-order valence-electron chi connectivity index (χ4n) is 1.08. The van der Waals surface area contributed by atoms with E-state index >= 15 is 0 Å². The number of nitrogens with zero attached hydrogens (tertiary/aromatic N) is 2. The summed E-state index contributed by atoms with van der Waals surface area (Å²) in [5.41, 5.74) is 6.81. The van der Waals surface area contributed by atoms with E-state index in [2.05, 4.69) is 21.0 Å². The van der Waals surface area contributed by atoms with Crippen LogP contribution in [0.5, 0.6) is 0 Å². The number of aromatic nitrogens is 2. The van der Waals surface area contributed by atoms with Crippen LogP contribution < -0.4 is 5.73 Å². The van der Waals surface area contributed by atoms with Crippen LogP contribution in [-0.2, 0) is 6.54 Å². The molecule has 1 atom stereocenters. The summed E-state index contributed by atoms with van der Waals surface area (Å²) in [4.78, 5) is 0. The first-order valence-electron chi connectivity index (χ1n) is 3.63. The molecule has 0 aliphatic heterocycles. The van der Waals surface area contributed by atoms with Gasteiger partial charge < -0.3 is 5.73 Å². The van der Waals surface area contributed by atoms with E-state index in [0.29, 0.717) is 0 Å². The Balaban J connectivity index is 3.07. The molecule has 1 heterocycles. The molecule has 0 bridgehead atoms. The highest BCUT2D eigenvalue weighted by Crippen LogP contribution is 2.20. The van der Waals surface area contributed by atoms with Crippen LogP contribution in [0.15, 0.2) is 10.7 Å². The molecule has 0 aromatic carbocycles. The van der Waals surface area contributed by atoms with Gasteiger partial charge in [-0.2, -0.15) is 5.10 Å². The smallest absolute Gasteiger partial charge is 0.0690 e. The van der Waals surface area contributed by atoms with Gasteiger partial charge in [0.15, 0.2) is 0 Å². The summed E-state index contributed by atoms with van der Waals surface area (Å²) in [6, 6.07) is 0.0341. The highest BCUT2D eigenvalue weighted by atomic mass is 79.9. The second kappa shape index (κ2) is 3.36. The fraction of sp³-hybridized carbons (Fsp3) is 0.571. The van der Waals surface area contributed by atoms with Crippen LogP contribution in [0.1, 0.15) is 25.6 Å². The molecular formula is C7H12BrN3. The van der Waals surface area contributed by atoms with Crippen molar-refractivity contribution >= 4 is 15.9 Å². The number of hydrogen-bond acceptors (Lipinski definition) is 2. The lowest BCUT2D eigenvalue weighted by atomic mass is 10.2.